The highest BCUT2D eigenvalue weighted by molar-refractivity contribution is 8.14. The summed E-state index contributed by atoms with van der Waals surface area (Å²) in [6, 6.07) is 0.286. The Morgan fingerprint density at radius 2 is 1.36 bits per heavy atom. The number of nitrogens with one attached hydrogen (secondary N) is 5. The molecule has 0 aromatic rings. The van der Waals surface area contributed by atoms with Gasteiger partial charge in [-0.25, -0.2) is 0 Å². The Hall–Kier alpha value is -1.16. The second-order valence-electron chi connectivity index (χ2n) is 13.9. The van der Waals surface area contributed by atoms with Gasteiger partial charge in [-0.1, -0.05) is 72.6 Å². The number of thioether (sulfide) groups is 1. The van der Waals surface area contributed by atoms with Crippen molar-refractivity contribution < 1.29 is 14.4 Å². The maximum Gasteiger partial charge on any atom is 0.220 e. The van der Waals surface area contributed by atoms with Gasteiger partial charge in [-0.15, -0.1) is 0 Å². The highest BCUT2D eigenvalue weighted by Gasteiger charge is 2.23. The number of hydrogen-bond acceptors (Lipinski definition) is 7. The van der Waals surface area contributed by atoms with Gasteiger partial charge in [0, 0.05) is 67.8 Å². The van der Waals surface area contributed by atoms with Gasteiger partial charge in [-0.05, 0) is 78.2 Å². The largest absolute Gasteiger partial charge is 0.355 e. The van der Waals surface area contributed by atoms with Crippen molar-refractivity contribution in [1.29, 1.82) is 0 Å². The summed E-state index contributed by atoms with van der Waals surface area (Å²) in [6.07, 6.45) is 11.8. The van der Waals surface area contributed by atoms with Crippen molar-refractivity contribution in [2.24, 2.45) is 5.92 Å². The molecule has 0 bridgehead atoms. The molecule has 0 heterocycles. The second-order valence-corrected chi connectivity index (χ2v) is 15.4. The Labute approximate surface area is 276 Å². The van der Waals surface area contributed by atoms with Crippen LogP contribution in [-0.2, 0) is 14.4 Å². The molecule has 0 aromatic heterocycles. The van der Waals surface area contributed by atoms with Crippen molar-refractivity contribution in [3.05, 3.63) is 0 Å². The number of amides is 2. The zero-order valence-corrected chi connectivity index (χ0v) is 30.9. The van der Waals surface area contributed by atoms with Crippen molar-refractivity contribution >= 4 is 28.7 Å². The average Bonchev–Trinajstić information content (AvgIpc) is 2.96. The molecule has 3 atom stereocenters. The van der Waals surface area contributed by atoms with Crippen LogP contribution in [0.25, 0.3) is 0 Å². The second kappa shape index (κ2) is 25.0. The molecule has 5 N–H and O–H groups in total. The van der Waals surface area contributed by atoms with E-state index >= 15 is 0 Å². The molecule has 0 aromatic carbocycles. The molecule has 0 aliphatic rings. The van der Waals surface area contributed by atoms with Crippen LogP contribution in [0.4, 0.5) is 0 Å². The molecule has 0 fully saturated rings. The lowest BCUT2D eigenvalue weighted by Gasteiger charge is -2.30. The van der Waals surface area contributed by atoms with E-state index in [1.807, 2.05) is 0 Å². The average molecular weight is 642 g/mol. The van der Waals surface area contributed by atoms with E-state index in [0.717, 1.165) is 45.1 Å². The van der Waals surface area contributed by atoms with E-state index in [0.29, 0.717) is 56.6 Å². The zero-order chi connectivity index (χ0) is 33.4. The van der Waals surface area contributed by atoms with E-state index in [4.69, 9.17) is 0 Å². The topological polar surface area (TPSA) is 111 Å². The van der Waals surface area contributed by atoms with Crippen molar-refractivity contribution in [3.63, 3.8) is 0 Å². The van der Waals surface area contributed by atoms with Gasteiger partial charge in [0.15, 0.2) is 5.12 Å². The first-order valence-electron chi connectivity index (χ1n) is 17.7. The number of carbonyl (C=O) groups excluding carboxylic acids is 3. The fourth-order valence-corrected chi connectivity index (χ4v) is 6.40. The number of unbranched alkanes of at least 4 members (excludes halogenated alkanes) is 3. The fraction of sp³-hybridized carbons (Fsp3) is 0.914. The Kier molecular flexibility index (Phi) is 24.3. The van der Waals surface area contributed by atoms with Crippen LogP contribution < -0.4 is 26.6 Å². The van der Waals surface area contributed by atoms with Crippen molar-refractivity contribution in [2.45, 2.75) is 168 Å². The van der Waals surface area contributed by atoms with Crippen molar-refractivity contribution in [1.82, 2.24) is 26.6 Å². The van der Waals surface area contributed by atoms with E-state index < -0.39 is 0 Å². The van der Waals surface area contributed by atoms with E-state index in [1.54, 1.807) is 0 Å². The van der Waals surface area contributed by atoms with Crippen LogP contribution in [0.2, 0.25) is 0 Å². The first kappa shape index (κ1) is 42.8. The predicted molar refractivity (Wildman–Crippen MR) is 190 cm³/mol. The molecule has 0 radical (unpaired) electrons. The van der Waals surface area contributed by atoms with Crippen LogP contribution in [0.15, 0.2) is 0 Å². The molecule has 9 heteroatoms. The maximum atomic E-state index is 12.5. The van der Waals surface area contributed by atoms with E-state index in [1.165, 1.54) is 37.4 Å². The number of rotatable bonds is 28. The molecule has 0 aliphatic carbocycles. The molecule has 2 amide bonds. The summed E-state index contributed by atoms with van der Waals surface area (Å²) in [5.74, 6) is 0.755. The summed E-state index contributed by atoms with van der Waals surface area (Å²) in [5.41, 5.74) is -0.198. The molecule has 44 heavy (non-hydrogen) atoms. The fourth-order valence-electron chi connectivity index (χ4n) is 5.23. The maximum absolute atomic E-state index is 12.5. The third-order valence-corrected chi connectivity index (χ3v) is 9.56. The highest BCUT2D eigenvalue weighted by Crippen LogP contribution is 2.22. The van der Waals surface area contributed by atoms with Crippen molar-refractivity contribution in [2.75, 3.05) is 32.7 Å². The van der Waals surface area contributed by atoms with Crippen LogP contribution >= 0.6 is 11.8 Å². The van der Waals surface area contributed by atoms with Gasteiger partial charge >= 0.3 is 0 Å². The summed E-state index contributed by atoms with van der Waals surface area (Å²) in [4.78, 5) is 37.2. The Bertz CT molecular complexity index is 779. The van der Waals surface area contributed by atoms with Gasteiger partial charge in [-0.3, -0.25) is 14.4 Å². The Morgan fingerprint density at radius 3 is 1.95 bits per heavy atom. The third-order valence-electron chi connectivity index (χ3n) is 8.50. The molecule has 8 nitrogen and oxygen atoms in total. The van der Waals surface area contributed by atoms with Gasteiger partial charge in [0.1, 0.15) is 0 Å². The van der Waals surface area contributed by atoms with Gasteiger partial charge in [0.2, 0.25) is 11.8 Å². The molecule has 0 spiro atoms. The smallest absolute Gasteiger partial charge is 0.220 e. The number of carbonyl (C=O) groups is 3. The lowest BCUT2D eigenvalue weighted by atomic mass is 9.92. The lowest BCUT2D eigenvalue weighted by Crippen LogP contribution is -2.46. The molecular formula is C35H71N5O3S. The quantitative estimate of drug-likeness (QED) is 0.0635. The highest BCUT2D eigenvalue weighted by atomic mass is 32.2. The summed E-state index contributed by atoms with van der Waals surface area (Å²) in [6.45, 7) is 23.0. The minimum absolute atomic E-state index is 0.0395. The van der Waals surface area contributed by atoms with Crippen LogP contribution in [0.5, 0.6) is 0 Å². The predicted octanol–water partition coefficient (Wildman–Crippen LogP) is 6.33. The molecule has 260 valence electrons. The minimum atomic E-state index is -0.158. The third kappa shape index (κ3) is 24.1. The summed E-state index contributed by atoms with van der Waals surface area (Å²) in [5, 5.41) is 17.4. The molecule has 0 saturated heterocycles. The van der Waals surface area contributed by atoms with Gasteiger partial charge in [0.05, 0.1) is 0 Å². The molecule has 3 unspecified atom stereocenters. The van der Waals surface area contributed by atoms with E-state index in [-0.39, 0.29) is 34.0 Å². The van der Waals surface area contributed by atoms with Crippen LogP contribution in [0.1, 0.15) is 146 Å². The monoisotopic (exact) mass is 642 g/mol. The lowest BCUT2D eigenvalue weighted by molar-refractivity contribution is -0.122. The SMILES string of the molecule is CCCCCCNC(C)(C)CCC(=O)NCCNC(C)(CC)CCC(=O)NCCNC(CC)CCC(=O)SC(C)CC(C)C. The Morgan fingerprint density at radius 1 is 0.727 bits per heavy atom. The van der Waals surface area contributed by atoms with Gasteiger partial charge in [0.25, 0.3) is 0 Å². The van der Waals surface area contributed by atoms with E-state index in [9.17, 15) is 14.4 Å². The standard InChI is InChI=1S/C35H71N5O3S/c1-10-13-14-15-22-39-34(7,8)20-18-31(41)38-25-26-40-35(9,12-3)21-19-32(42)37-24-23-36-30(11-2)16-17-33(43)44-29(6)27-28(4)5/h28-30,36,39-40H,10-27H2,1-9H3,(H,37,42)(H,38,41). The summed E-state index contributed by atoms with van der Waals surface area (Å²) >= 11 is 1.49. The normalized spacial score (nSPS) is 14.7. The van der Waals surface area contributed by atoms with Crippen molar-refractivity contribution in [3.8, 4) is 0 Å². The van der Waals surface area contributed by atoms with Gasteiger partial charge < -0.3 is 26.6 Å². The zero-order valence-electron chi connectivity index (χ0n) is 30.1. The molecular weight excluding hydrogens is 570 g/mol. The summed E-state index contributed by atoms with van der Waals surface area (Å²) in [7, 11) is 0. The number of hydrogen-bond donors (Lipinski definition) is 5. The van der Waals surface area contributed by atoms with E-state index in [2.05, 4.69) is 88.9 Å². The molecule has 0 aliphatic heterocycles. The first-order chi connectivity index (χ1) is 20.8. The molecule has 0 saturated carbocycles. The van der Waals surface area contributed by atoms with Crippen LogP contribution in [0.3, 0.4) is 0 Å². The first-order valence-corrected chi connectivity index (χ1v) is 18.6. The van der Waals surface area contributed by atoms with Crippen LogP contribution in [0, 0.1) is 5.92 Å². The Balaban J connectivity index is 4.15. The van der Waals surface area contributed by atoms with Gasteiger partial charge in [-0.2, -0.15) is 0 Å². The summed E-state index contributed by atoms with van der Waals surface area (Å²) < 4.78 is 0. The minimum Gasteiger partial charge on any atom is -0.355 e. The van der Waals surface area contributed by atoms with Crippen LogP contribution in [-0.4, -0.2) is 72.0 Å². The molecule has 0 rings (SSSR count).